The number of hydrogen-bond acceptors (Lipinski definition) is 2. The van der Waals surface area contributed by atoms with Crippen molar-refractivity contribution in [1.82, 2.24) is 4.90 Å². The van der Waals surface area contributed by atoms with Crippen LogP contribution in [0.4, 0.5) is 4.39 Å². The zero-order valence-corrected chi connectivity index (χ0v) is 14.6. The molecule has 0 spiro atoms. The Morgan fingerprint density at radius 1 is 1.24 bits per heavy atom. The molecule has 0 aromatic heterocycles. The molecule has 1 fully saturated rings. The predicted molar refractivity (Wildman–Crippen MR) is 89.9 cm³/mol. The van der Waals surface area contributed by atoms with Crippen LogP contribution in [0.1, 0.15) is 45.1 Å². The first kappa shape index (κ1) is 16.9. The molecule has 1 aromatic carbocycles. The molecule has 0 bridgehead atoms. The molecule has 1 unspecified atom stereocenters. The van der Waals surface area contributed by atoms with Crippen LogP contribution in [-0.2, 0) is 6.42 Å². The average molecular weight is 357 g/mol. The number of likely N-dealkylation sites (tertiary alicyclic amines) is 1. The maximum atomic E-state index is 13.2. The summed E-state index contributed by atoms with van der Waals surface area (Å²) in [5.41, 5.74) is 7.55. The van der Waals surface area contributed by atoms with Crippen LogP contribution in [0, 0.1) is 5.82 Å². The van der Waals surface area contributed by atoms with E-state index in [0.717, 1.165) is 29.5 Å². The second-order valence-electron chi connectivity index (χ2n) is 6.60. The van der Waals surface area contributed by atoms with Gasteiger partial charge in [0.1, 0.15) is 5.82 Å². The average Bonchev–Trinajstić information content (AvgIpc) is 2.71. The SMILES string of the molecule is CC(C)(C(N)Cc1ccc(F)cc1Br)N1CCCCCC1. The topological polar surface area (TPSA) is 29.3 Å². The lowest BCUT2D eigenvalue weighted by Crippen LogP contribution is -2.57. The molecule has 0 amide bonds. The summed E-state index contributed by atoms with van der Waals surface area (Å²) in [7, 11) is 0. The van der Waals surface area contributed by atoms with Gasteiger partial charge in [-0.1, -0.05) is 34.8 Å². The zero-order valence-electron chi connectivity index (χ0n) is 13.0. The summed E-state index contributed by atoms with van der Waals surface area (Å²) in [5, 5.41) is 0. The molecule has 118 valence electrons. The molecule has 1 aliphatic rings. The second kappa shape index (κ2) is 7.21. The van der Waals surface area contributed by atoms with E-state index in [4.69, 9.17) is 5.73 Å². The summed E-state index contributed by atoms with van der Waals surface area (Å²) in [4.78, 5) is 2.53. The summed E-state index contributed by atoms with van der Waals surface area (Å²) in [6.07, 6.45) is 5.92. The zero-order chi connectivity index (χ0) is 15.5. The molecule has 0 aliphatic carbocycles. The summed E-state index contributed by atoms with van der Waals surface area (Å²) < 4.78 is 14.0. The number of halogens is 2. The quantitative estimate of drug-likeness (QED) is 0.879. The maximum absolute atomic E-state index is 13.2. The highest BCUT2D eigenvalue weighted by Crippen LogP contribution is 2.27. The fourth-order valence-electron chi connectivity index (χ4n) is 3.06. The molecule has 0 radical (unpaired) electrons. The summed E-state index contributed by atoms with van der Waals surface area (Å²) in [6, 6.07) is 4.88. The monoisotopic (exact) mass is 356 g/mol. The Morgan fingerprint density at radius 2 is 1.86 bits per heavy atom. The first-order chi connectivity index (χ1) is 9.91. The number of nitrogens with two attached hydrogens (primary N) is 1. The standard InChI is InChI=1S/C17H26BrFN2/c1-17(2,21-9-5-3-4-6-10-21)16(20)11-13-7-8-14(19)12-15(13)18/h7-8,12,16H,3-6,9-11,20H2,1-2H3. The third-order valence-electron chi connectivity index (χ3n) is 4.78. The second-order valence-corrected chi connectivity index (χ2v) is 7.46. The minimum atomic E-state index is -0.217. The van der Waals surface area contributed by atoms with Crippen LogP contribution < -0.4 is 5.73 Å². The van der Waals surface area contributed by atoms with E-state index in [-0.39, 0.29) is 17.4 Å². The molecule has 0 saturated carbocycles. The number of benzene rings is 1. The van der Waals surface area contributed by atoms with Gasteiger partial charge < -0.3 is 5.73 Å². The van der Waals surface area contributed by atoms with Crippen molar-refractivity contribution >= 4 is 15.9 Å². The number of rotatable bonds is 4. The van der Waals surface area contributed by atoms with Crippen LogP contribution in [-0.4, -0.2) is 29.6 Å². The van der Waals surface area contributed by atoms with E-state index in [9.17, 15) is 4.39 Å². The summed E-state index contributed by atoms with van der Waals surface area (Å²) in [5.74, 6) is -0.217. The first-order valence-electron chi connectivity index (χ1n) is 7.86. The van der Waals surface area contributed by atoms with Gasteiger partial charge in [0.2, 0.25) is 0 Å². The molecule has 1 heterocycles. The van der Waals surface area contributed by atoms with Crippen molar-refractivity contribution in [2.24, 2.45) is 5.73 Å². The first-order valence-corrected chi connectivity index (χ1v) is 8.65. The van der Waals surface area contributed by atoms with Crippen molar-refractivity contribution in [3.05, 3.63) is 34.1 Å². The normalized spacial score (nSPS) is 19.3. The highest BCUT2D eigenvalue weighted by Gasteiger charge is 2.33. The van der Waals surface area contributed by atoms with E-state index >= 15 is 0 Å². The minimum absolute atomic E-state index is 0.0253. The van der Waals surface area contributed by atoms with Crippen LogP contribution >= 0.6 is 15.9 Å². The van der Waals surface area contributed by atoms with Crippen molar-refractivity contribution in [1.29, 1.82) is 0 Å². The van der Waals surface area contributed by atoms with Crippen molar-refractivity contribution in [3.63, 3.8) is 0 Å². The van der Waals surface area contributed by atoms with Crippen molar-refractivity contribution in [2.75, 3.05) is 13.1 Å². The predicted octanol–water partition coefficient (Wildman–Crippen LogP) is 4.11. The lowest BCUT2D eigenvalue weighted by atomic mass is 9.88. The Hall–Kier alpha value is -0.450. The van der Waals surface area contributed by atoms with Gasteiger partial charge in [0.25, 0.3) is 0 Å². The molecule has 2 rings (SSSR count). The van der Waals surface area contributed by atoms with Gasteiger partial charge in [-0.2, -0.15) is 0 Å². The molecule has 1 atom stereocenters. The number of hydrogen-bond donors (Lipinski definition) is 1. The van der Waals surface area contributed by atoms with E-state index in [1.807, 2.05) is 6.07 Å². The van der Waals surface area contributed by atoms with Gasteiger partial charge in [-0.25, -0.2) is 4.39 Å². The van der Waals surface area contributed by atoms with Crippen molar-refractivity contribution in [2.45, 2.75) is 57.5 Å². The molecule has 1 aliphatic heterocycles. The Labute approximate surface area is 136 Å². The molecule has 4 heteroatoms. The largest absolute Gasteiger partial charge is 0.326 e. The van der Waals surface area contributed by atoms with Crippen molar-refractivity contribution in [3.8, 4) is 0 Å². The van der Waals surface area contributed by atoms with Crippen LogP contribution in [0.25, 0.3) is 0 Å². The van der Waals surface area contributed by atoms with Gasteiger partial charge in [0, 0.05) is 16.1 Å². The Morgan fingerprint density at radius 3 is 2.43 bits per heavy atom. The smallest absolute Gasteiger partial charge is 0.124 e. The lowest BCUT2D eigenvalue weighted by molar-refractivity contribution is 0.0978. The van der Waals surface area contributed by atoms with Crippen LogP contribution in [0.15, 0.2) is 22.7 Å². The van der Waals surface area contributed by atoms with Gasteiger partial charge in [-0.3, -0.25) is 4.90 Å². The molecule has 21 heavy (non-hydrogen) atoms. The lowest BCUT2D eigenvalue weighted by Gasteiger charge is -2.42. The molecule has 2 N–H and O–H groups in total. The fourth-order valence-corrected chi connectivity index (χ4v) is 3.57. The third kappa shape index (κ3) is 4.27. The molecule has 1 saturated heterocycles. The van der Waals surface area contributed by atoms with Crippen LogP contribution in [0.2, 0.25) is 0 Å². The van der Waals surface area contributed by atoms with Crippen LogP contribution in [0.3, 0.4) is 0 Å². The van der Waals surface area contributed by atoms with E-state index in [1.165, 1.54) is 37.8 Å². The number of nitrogens with zero attached hydrogens (tertiary/aromatic N) is 1. The Kier molecular flexibility index (Phi) is 5.81. The van der Waals surface area contributed by atoms with Crippen LogP contribution in [0.5, 0.6) is 0 Å². The minimum Gasteiger partial charge on any atom is -0.326 e. The van der Waals surface area contributed by atoms with Gasteiger partial charge in [-0.05, 0) is 63.9 Å². The summed E-state index contributed by atoms with van der Waals surface area (Å²) >= 11 is 3.44. The highest BCUT2D eigenvalue weighted by molar-refractivity contribution is 9.10. The maximum Gasteiger partial charge on any atom is 0.124 e. The molecule has 2 nitrogen and oxygen atoms in total. The van der Waals surface area contributed by atoms with E-state index in [1.54, 1.807) is 0 Å². The van der Waals surface area contributed by atoms with E-state index < -0.39 is 0 Å². The fraction of sp³-hybridized carbons (Fsp3) is 0.647. The van der Waals surface area contributed by atoms with E-state index in [0.29, 0.717) is 0 Å². The highest BCUT2D eigenvalue weighted by atomic mass is 79.9. The molecular formula is C17H26BrFN2. The van der Waals surface area contributed by atoms with Gasteiger partial charge in [0.05, 0.1) is 0 Å². The third-order valence-corrected chi connectivity index (χ3v) is 5.52. The van der Waals surface area contributed by atoms with Gasteiger partial charge in [0.15, 0.2) is 0 Å². The van der Waals surface area contributed by atoms with Crippen molar-refractivity contribution < 1.29 is 4.39 Å². The van der Waals surface area contributed by atoms with Gasteiger partial charge in [-0.15, -0.1) is 0 Å². The Bertz CT molecular complexity index is 468. The van der Waals surface area contributed by atoms with Gasteiger partial charge >= 0.3 is 0 Å². The Balaban J connectivity index is 2.07. The molecular weight excluding hydrogens is 331 g/mol. The summed E-state index contributed by atoms with van der Waals surface area (Å²) in [6.45, 7) is 6.73. The van der Waals surface area contributed by atoms with E-state index in [2.05, 4.69) is 34.7 Å². The molecule has 1 aromatic rings.